The molecule has 0 aromatic carbocycles. The summed E-state index contributed by atoms with van der Waals surface area (Å²) in [5.74, 6) is 2.20. The van der Waals surface area contributed by atoms with Crippen LogP contribution in [0.1, 0.15) is 12.8 Å². The van der Waals surface area contributed by atoms with Gasteiger partial charge in [-0.1, -0.05) is 0 Å². The number of rotatable bonds is 3. The van der Waals surface area contributed by atoms with Gasteiger partial charge in [-0.15, -0.1) is 0 Å². The highest BCUT2D eigenvalue weighted by atomic mass is 32.2. The fraction of sp³-hybridized carbons (Fsp3) is 1.00. The van der Waals surface area contributed by atoms with Gasteiger partial charge in [0.25, 0.3) is 0 Å². The summed E-state index contributed by atoms with van der Waals surface area (Å²) in [7, 11) is -3.03. The molecule has 0 amide bonds. The topological polar surface area (TPSA) is 54.4 Å². The fourth-order valence-electron chi connectivity index (χ4n) is 1.55. The molecule has 0 radical (unpaired) electrons. The largest absolute Gasteiger partial charge is 0.392 e. The average molecular weight is 224 g/mol. The predicted molar refractivity (Wildman–Crippen MR) is 55.8 cm³/mol. The van der Waals surface area contributed by atoms with Crippen molar-refractivity contribution in [1.29, 1.82) is 0 Å². The number of aliphatic hydroxyl groups is 1. The van der Waals surface area contributed by atoms with E-state index in [1.165, 1.54) is 6.26 Å². The van der Waals surface area contributed by atoms with Crippen LogP contribution in [0.2, 0.25) is 0 Å². The van der Waals surface area contributed by atoms with Crippen molar-refractivity contribution in [2.24, 2.45) is 5.92 Å². The van der Waals surface area contributed by atoms with Gasteiger partial charge in [0.2, 0.25) is 0 Å². The molecule has 0 spiro atoms. The Morgan fingerprint density at radius 1 is 1.46 bits per heavy atom. The first-order chi connectivity index (χ1) is 5.99. The molecule has 0 aromatic rings. The quantitative estimate of drug-likeness (QED) is 0.760. The van der Waals surface area contributed by atoms with Crippen molar-refractivity contribution in [3.8, 4) is 0 Å². The van der Waals surface area contributed by atoms with Crippen LogP contribution in [0.3, 0.4) is 0 Å². The first-order valence-corrected chi connectivity index (χ1v) is 7.64. The van der Waals surface area contributed by atoms with Crippen LogP contribution in [0.25, 0.3) is 0 Å². The van der Waals surface area contributed by atoms with Crippen LogP contribution >= 0.6 is 11.8 Å². The van der Waals surface area contributed by atoms with Crippen LogP contribution in [0.15, 0.2) is 0 Å². The van der Waals surface area contributed by atoms with Crippen LogP contribution < -0.4 is 0 Å². The molecular formula is C8H16O3S2. The summed E-state index contributed by atoms with van der Waals surface area (Å²) >= 11 is 1.87. The SMILES string of the molecule is CS(=O)(=O)CC(O)C1CCSCC1. The Hall–Kier alpha value is 0.260. The predicted octanol–water partition coefficient (Wildman–Crippen LogP) is 0.535. The highest BCUT2D eigenvalue weighted by Gasteiger charge is 2.24. The lowest BCUT2D eigenvalue weighted by molar-refractivity contribution is 0.123. The Labute approximate surface area is 83.8 Å². The number of aliphatic hydroxyl groups excluding tert-OH is 1. The minimum atomic E-state index is -3.03. The molecule has 1 unspecified atom stereocenters. The minimum Gasteiger partial charge on any atom is -0.392 e. The van der Waals surface area contributed by atoms with Crippen LogP contribution in [0, 0.1) is 5.92 Å². The maximum atomic E-state index is 10.9. The van der Waals surface area contributed by atoms with E-state index in [2.05, 4.69) is 0 Å². The molecule has 1 rings (SSSR count). The highest BCUT2D eigenvalue weighted by molar-refractivity contribution is 7.99. The molecule has 1 fully saturated rings. The van der Waals surface area contributed by atoms with Crippen molar-refractivity contribution in [2.45, 2.75) is 18.9 Å². The second kappa shape index (κ2) is 4.66. The van der Waals surface area contributed by atoms with Crippen LogP contribution in [-0.4, -0.2) is 43.1 Å². The lowest BCUT2D eigenvalue weighted by Gasteiger charge is -2.25. The van der Waals surface area contributed by atoms with Gasteiger partial charge in [0.15, 0.2) is 0 Å². The van der Waals surface area contributed by atoms with Gasteiger partial charge in [0.05, 0.1) is 11.9 Å². The van der Waals surface area contributed by atoms with Gasteiger partial charge in [-0.25, -0.2) is 8.42 Å². The zero-order valence-electron chi connectivity index (χ0n) is 7.77. The summed E-state index contributed by atoms with van der Waals surface area (Å²) < 4.78 is 21.8. The molecule has 1 aliphatic heterocycles. The molecule has 0 bridgehead atoms. The Balaban J connectivity index is 2.42. The molecule has 1 aliphatic rings. The van der Waals surface area contributed by atoms with Crippen molar-refractivity contribution >= 4 is 21.6 Å². The van der Waals surface area contributed by atoms with E-state index < -0.39 is 15.9 Å². The smallest absolute Gasteiger partial charge is 0.150 e. The average Bonchev–Trinajstić information content (AvgIpc) is 2.03. The number of thioether (sulfide) groups is 1. The minimum absolute atomic E-state index is 0.0810. The van der Waals surface area contributed by atoms with Gasteiger partial charge in [0.1, 0.15) is 9.84 Å². The molecule has 78 valence electrons. The Morgan fingerprint density at radius 2 is 2.00 bits per heavy atom. The van der Waals surface area contributed by atoms with E-state index in [1.807, 2.05) is 11.8 Å². The van der Waals surface area contributed by atoms with Gasteiger partial charge < -0.3 is 5.11 Å². The Kier molecular flexibility index (Phi) is 4.06. The molecule has 0 aliphatic carbocycles. The van der Waals surface area contributed by atoms with Crippen molar-refractivity contribution in [2.75, 3.05) is 23.5 Å². The standard InChI is InChI=1S/C8H16O3S2/c1-13(10,11)6-8(9)7-2-4-12-5-3-7/h7-9H,2-6H2,1H3. The summed E-state index contributed by atoms with van der Waals surface area (Å²) in [4.78, 5) is 0. The second-order valence-corrected chi connectivity index (χ2v) is 7.02. The third-order valence-electron chi connectivity index (χ3n) is 2.28. The van der Waals surface area contributed by atoms with Gasteiger partial charge in [0, 0.05) is 6.26 Å². The summed E-state index contributed by atoms with van der Waals surface area (Å²) in [5, 5.41) is 9.62. The first-order valence-electron chi connectivity index (χ1n) is 4.42. The second-order valence-electron chi connectivity index (χ2n) is 3.61. The molecule has 1 heterocycles. The van der Waals surface area contributed by atoms with Crippen LogP contribution in [-0.2, 0) is 9.84 Å². The van der Waals surface area contributed by atoms with E-state index in [0.717, 1.165) is 24.3 Å². The molecule has 5 heteroatoms. The van der Waals surface area contributed by atoms with E-state index in [1.54, 1.807) is 0 Å². The van der Waals surface area contributed by atoms with Gasteiger partial charge >= 0.3 is 0 Å². The number of hydrogen-bond acceptors (Lipinski definition) is 4. The van der Waals surface area contributed by atoms with E-state index in [0.29, 0.717) is 0 Å². The third kappa shape index (κ3) is 4.33. The molecule has 0 aromatic heterocycles. The lowest BCUT2D eigenvalue weighted by atomic mass is 9.97. The third-order valence-corrected chi connectivity index (χ3v) is 4.28. The van der Waals surface area contributed by atoms with Gasteiger partial charge in [-0.05, 0) is 30.3 Å². The van der Waals surface area contributed by atoms with E-state index >= 15 is 0 Å². The summed E-state index contributed by atoms with van der Waals surface area (Å²) in [6, 6.07) is 0. The molecule has 1 atom stereocenters. The number of hydrogen-bond donors (Lipinski definition) is 1. The normalized spacial score (nSPS) is 22.9. The van der Waals surface area contributed by atoms with E-state index in [-0.39, 0.29) is 11.7 Å². The zero-order valence-corrected chi connectivity index (χ0v) is 9.40. The fourth-order valence-corrected chi connectivity index (χ4v) is 3.58. The Morgan fingerprint density at radius 3 is 2.46 bits per heavy atom. The summed E-state index contributed by atoms with van der Waals surface area (Å²) in [6.07, 6.45) is 2.41. The van der Waals surface area contributed by atoms with Crippen molar-refractivity contribution in [1.82, 2.24) is 0 Å². The maximum Gasteiger partial charge on any atom is 0.150 e. The summed E-state index contributed by atoms with van der Waals surface area (Å²) in [5.41, 5.74) is 0. The molecule has 0 saturated carbocycles. The zero-order chi connectivity index (χ0) is 9.90. The molecule has 13 heavy (non-hydrogen) atoms. The molecule has 3 nitrogen and oxygen atoms in total. The lowest BCUT2D eigenvalue weighted by Crippen LogP contribution is -2.30. The van der Waals surface area contributed by atoms with E-state index in [4.69, 9.17) is 0 Å². The first kappa shape index (κ1) is 11.3. The Bertz CT molecular complexity index is 242. The van der Waals surface area contributed by atoms with Crippen molar-refractivity contribution < 1.29 is 13.5 Å². The van der Waals surface area contributed by atoms with Crippen molar-refractivity contribution in [3.05, 3.63) is 0 Å². The van der Waals surface area contributed by atoms with Crippen LogP contribution in [0.4, 0.5) is 0 Å². The highest BCUT2D eigenvalue weighted by Crippen LogP contribution is 2.25. The maximum absolute atomic E-state index is 10.9. The monoisotopic (exact) mass is 224 g/mol. The number of sulfone groups is 1. The van der Waals surface area contributed by atoms with Gasteiger partial charge in [-0.3, -0.25) is 0 Å². The van der Waals surface area contributed by atoms with E-state index in [9.17, 15) is 13.5 Å². The molecular weight excluding hydrogens is 208 g/mol. The van der Waals surface area contributed by atoms with Crippen LogP contribution in [0.5, 0.6) is 0 Å². The van der Waals surface area contributed by atoms with Crippen molar-refractivity contribution in [3.63, 3.8) is 0 Å². The molecule has 1 N–H and O–H groups in total. The summed E-state index contributed by atoms with van der Waals surface area (Å²) in [6.45, 7) is 0. The van der Waals surface area contributed by atoms with Gasteiger partial charge in [-0.2, -0.15) is 11.8 Å². The molecule has 1 saturated heterocycles.